The Kier molecular flexibility index (Phi) is 3.05. The fourth-order valence-corrected chi connectivity index (χ4v) is 2.32. The van der Waals surface area contributed by atoms with Crippen molar-refractivity contribution in [2.24, 2.45) is 5.73 Å². The van der Waals surface area contributed by atoms with Crippen LogP contribution < -0.4 is 5.73 Å². The van der Waals surface area contributed by atoms with Crippen molar-refractivity contribution in [3.8, 4) is 0 Å². The van der Waals surface area contributed by atoms with E-state index in [-0.39, 0.29) is 5.82 Å². The van der Waals surface area contributed by atoms with E-state index < -0.39 is 0 Å². The quantitative estimate of drug-likeness (QED) is 0.764. The molecule has 3 aromatic rings. The van der Waals surface area contributed by atoms with E-state index in [1.54, 1.807) is 6.07 Å². The molecule has 0 saturated heterocycles. The zero-order chi connectivity index (χ0) is 13.2. The Morgan fingerprint density at radius 1 is 1.05 bits per heavy atom. The Morgan fingerprint density at radius 3 is 2.68 bits per heavy atom. The van der Waals surface area contributed by atoms with Crippen molar-refractivity contribution in [1.82, 2.24) is 4.57 Å². The first kappa shape index (κ1) is 11.9. The predicted octanol–water partition coefficient (Wildman–Crippen LogP) is 3.29. The van der Waals surface area contributed by atoms with Gasteiger partial charge in [-0.05, 0) is 35.2 Å². The average Bonchev–Trinajstić information content (AvgIpc) is 2.83. The van der Waals surface area contributed by atoms with Crippen LogP contribution in [0.25, 0.3) is 10.9 Å². The summed E-state index contributed by atoms with van der Waals surface area (Å²) in [5, 5.41) is 1.14. The lowest BCUT2D eigenvalue weighted by Crippen LogP contribution is -2.00. The van der Waals surface area contributed by atoms with Gasteiger partial charge in [0.2, 0.25) is 0 Å². The number of hydrogen-bond donors (Lipinski definition) is 1. The molecule has 0 unspecified atom stereocenters. The first-order valence-electron chi connectivity index (χ1n) is 6.29. The molecular formula is C16H15FN2. The lowest BCUT2D eigenvalue weighted by molar-refractivity contribution is 0.602. The third-order valence-corrected chi connectivity index (χ3v) is 3.37. The van der Waals surface area contributed by atoms with Crippen LogP contribution in [0.4, 0.5) is 4.39 Å². The molecule has 1 aromatic heterocycles. The first-order chi connectivity index (χ1) is 9.28. The van der Waals surface area contributed by atoms with Gasteiger partial charge >= 0.3 is 0 Å². The Hall–Kier alpha value is -2.13. The average molecular weight is 254 g/mol. The molecule has 2 aromatic carbocycles. The highest BCUT2D eigenvalue weighted by Gasteiger charge is 2.05. The molecule has 96 valence electrons. The van der Waals surface area contributed by atoms with E-state index in [9.17, 15) is 4.39 Å². The maximum absolute atomic E-state index is 13.7. The maximum Gasteiger partial charge on any atom is 0.128 e. The second-order valence-corrected chi connectivity index (χ2v) is 4.63. The van der Waals surface area contributed by atoms with Gasteiger partial charge in [0.05, 0.1) is 6.54 Å². The molecule has 0 saturated carbocycles. The minimum absolute atomic E-state index is 0.164. The fourth-order valence-electron chi connectivity index (χ4n) is 2.32. The van der Waals surface area contributed by atoms with E-state index in [1.807, 2.05) is 41.1 Å². The monoisotopic (exact) mass is 254 g/mol. The predicted molar refractivity (Wildman–Crippen MR) is 75.3 cm³/mol. The highest BCUT2D eigenvalue weighted by molar-refractivity contribution is 5.81. The Balaban J connectivity index is 2.00. The number of fused-ring (bicyclic) bond motifs is 1. The molecule has 0 bridgehead atoms. The van der Waals surface area contributed by atoms with Crippen LogP contribution in [0.15, 0.2) is 54.7 Å². The zero-order valence-electron chi connectivity index (χ0n) is 10.5. The normalized spacial score (nSPS) is 11.1. The molecule has 0 aliphatic rings. The van der Waals surface area contributed by atoms with Crippen LogP contribution in [0.3, 0.4) is 0 Å². The largest absolute Gasteiger partial charge is 0.343 e. The summed E-state index contributed by atoms with van der Waals surface area (Å²) in [5.74, 6) is -0.164. The zero-order valence-corrected chi connectivity index (χ0v) is 10.5. The minimum Gasteiger partial charge on any atom is -0.343 e. The molecule has 0 aliphatic heterocycles. The lowest BCUT2D eigenvalue weighted by atomic mass is 10.1. The highest BCUT2D eigenvalue weighted by Crippen LogP contribution is 2.19. The lowest BCUT2D eigenvalue weighted by Gasteiger charge is -2.07. The van der Waals surface area contributed by atoms with Crippen LogP contribution in [0, 0.1) is 5.82 Å². The number of rotatable bonds is 3. The van der Waals surface area contributed by atoms with Crippen LogP contribution in [-0.4, -0.2) is 4.57 Å². The van der Waals surface area contributed by atoms with Gasteiger partial charge in [-0.1, -0.05) is 24.3 Å². The Morgan fingerprint density at radius 2 is 1.89 bits per heavy atom. The summed E-state index contributed by atoms with van der Waals surface area (Å²) < 4.78 is 15.7. The van der Waals surface area contributed by atoms with Gasteiger partial charge in [-0.25, -0.2) is 4.39 Å². The van der Waals surface area contributed by atoms with Gasteiger partial charge in [-0.15, -0.1) is 0 Å². The van der Waals surface area contributed by atoms with Crippen molar-refractivity contribution in [2.45, 2.75) is 13.1 Å². The summed E-state index contributed by atoms with van der Waals surface area (Å²) in [6.45, 7) is 1.08. The van der Waals surface area contributed by atoms with Crippen molar-refractivity contribution in [3.63, 3.8) is 0 Å². The number of aromatic nitrogens is 1. The molecule has 1 heterocycles. The van der Waals surface area contributed by atoms with Crippen LogP contribution in [-0.2, 0) is 13.1 Å². The number of benzene rings is 2. The second kappa shape index (κ2) is 4.86. The fraction of sp³-hybridized carbons (Fsp3) is 0.125. The van der Waals surface area contributed by atoms with Gasteiger partial charge in [-0.3, -0.25) is 0 Å². The maximum atomic E-state index is 13.7. The van der Waals surface area contributed by atoms with Gasteiger partial charge in [-0.2, -0.15) is 0 Å². The molecule has 3 heteroatoms. The van der Waals surface area contributed by atoms with Crippen molar-refractivity contribution in [2.75, 3.05) is 0 Å². The first-order valence-corrected chi connectivity index (χ1v) is 6.29. The van der Waals surface area contributed by atoms with E-state index in [1.165, 1.54) is 6.07 Å². The van der Waals surface area contributed by atoms with Crippen molar-refractivity contribution >= 4 is 10.9 Å². The van der Waals surface area contributed by atoms with E-state index in [0.29, 0.717) is 18.7 Å². The van der Waals surface area contributed by atoms with Gasteiger partial charge in [0.15, 0.2) is 0 Å². The molecule has 2 N–H and O–H groups in total. The summed E-state index contributed by atoms with van der Waals surface area (Å²) in [6.07, 6.45) is 1.98. The molecule has 0 aliphatic carbocycles. The van der Waals surface area contributed by atoms with Crippen LogP contribution in [0.1, 0.15) is 11.1 Å². The Labute approximate surface area is 111 Å². The van der Waals surface area contributed by atoms with Gasteiger partial charge in [0, 0.05) is 23.8 Å². The molecule has 0 fully saturated rings. The standard InChI is InChI=1S/C16H15FN2/c17-15-4-2-1-3-14(15)11-19-8-7-13-9-12(10-18)5-6-16(13)19/h1-9H,10-11,18H2. The number of hydrogen-bond acceptors (Lipinski definition) is 1. The second-order valence-electron chi connectivity index (χ2n) is 4.63. The molecule has 0 atom stereocenters. The van der Waals surface area contributed by atoms with Crippen LogP contribution in [0.5, 0.6) is 0 Å². The van der Waals surface area contributed by atoms with Gasteiger partial charge < -0.3 is 10.3 Å². The SMILES string of the molecule is NCc1ccc2c(ccn2Cc2ccccc2F)c1. The van der Waals surface area contributed by atoms with Crippen LogP contribution >= 0.6 is 0 Å². The molecule has 0 amide bonds. The summed E-state index contributed by atoms with van der Waals surface area (Å²) in [4.78, 5) is 0. The van der Waals surface area contributed by atoms with E-state index in [2.05, 4.69) is 6.07 Å². The number of nitrogens with two attached hydrogens (primary N) is 1. The molecule has 0 spiro atoms. The Bertz CT molecular complexity index is 716. The minimum atomic E-state index is -0.164. The number of nitrogens with zero attached hydrogens (tertiary/aromatic N) is 1. The van der Waals surface area contributed by atoms with E-state index in [0.717, 1.165) is 16.5 Å². The highest BCUT2D eigenvalue weighted by atomic mass is 19.1. The van der Waals surface area contributed by atoms with E-state index in [4.69, 9.17) is 5.73 Å². The third-order valence-electron chi connectivity index (χ3n) is 3.37. The van der Waals surface area contributed by atoms with Gasteiger partial charge in [0.1, 0.15) is 5.82 Å². The summed E-state index contributed by atoms with van der Waals surface area (Å²) in [7, 11) is 0. The van der Waals surface area contributed by atoms with Crippen molar-refractivity contribution in [3.05, 3.63) is 71.7 Å². The molecule has 3 rings (SSSR count). The molecular weight excluding hydrogens is 239 g/mol. The van der Waals surface area contributed by atoms with Crippen molar-refractivity contribution in [1.29, 1.82) is 0 Å². The molecule has 2 nitrogen and oxygen atoms in total. The van der Waals surface area contributed by atoms with Gasteiger partial charge in [0.25, 0.3) is 0 Å². The van der Waals surface area contributed by atoms with Crippen molar-refractivity contribution < 1.29 is 4.39 Å². The third kappa shape index (κ3) is 2.25. The van der Waals surface area contributed by atoms with E-state index >= 15 is 0 Å². The topological polar surface area (TPSA) is 30.9 Å². The number of halogens is 1. The summed E-state index contributed by atoms with van der Waals surface area (Å²) in [5.41, 5.74) is 8.54. The van der Waals surface area contributed by atoms with Crippen LogP contribution in [0.2, 0.25) is 0 Å². The smallest absolute Gasteiger partial charge is 0.128 e. The molecule has 19 heavy (non-hydrogen) atoms. The summed E-state index contributed by atoms with van der Waals surface area (Å²) >= 11 is 0. The summed E-state index contributed by atoms with van der Waals surface area (Å²) in [6, 6.07) is 15.0. The molecule has 0 radical (unpaired) electrons.